The molecule has 1 aromatic carbocycles. The lowest BCUT2D eigenvalue weighted by Crippen LogP contribution is -2.40. The number of allylic oxidation sites excluding steroid dienone is 1. The van der Waals surface area contributed by atoms with E-state index in [1.54, 1.807) is 0 Å². The number of rotatable bonds is 5. The standard InChI is InChI=1S/C19H24N2O3/c22-18(20-12-10-15-6-2-1-3-7-15)14-21-16-8-4-5-9-17(16)24-13-11-19(21)23/h4-6,8-9H,1-3,7,10-14H2,(H,20,22). The van der Waals surface area contributed by atoms with Crippen LogP contribution in [0.2, 0.25) is 0 Å². The Morgan fingerprint density at radius 2 is 2.08 bits per heavy atom. The van der Waals surface area contributed by atoms with Gasteiger partial charge in [0.25, 0.3) is 0 Å². The molecule has 2 amide bonds. The molecular weight excluding hydrogens is 304 g/mol. The SMILES string of the molecule is O=C(CN1C(=O)CCOc2ccccc21)NCCC1=CCCCC1. The maximum absolute atomic E-state index is 12.3. The van der Waals surface area contributed by atoms with Gasteiger partial charge in [-0.3, -0.25) is 14.5 Å². The first kappa shape index (κ1) is 16.6. The van der Waals surface area contributed by atoms with Crippen LogP contribution in [0.3, 0.4) is 0 Å². The predicted octanol–water partition coefficient (Wildman–Crippen LogP) is 2.81. The van der Waals surface area contributed by atoms with Gasteiger partial charge >= 0.3 is 0 Å². The van der Waals surface area contributed by atoms with Crippen molar-refractivity contribution in [3.8, 4) is 5.75 Å². The van der Waals surface area contributed by atoms with E-state index in [0.29, 0.717) is 24.6 Å². The zero-order valence-electron chi connectivity index (χ0n) is 13.9. The van der Waals surface area contributed by atoms with Crippen LogP contribution in [0, 0.1) is 0 Å². The Kier molecular flexibility index (Phi) is 5.51. The molecule has 5 nitrogen and oxygen atoms in total. The molecule has 0 spiro atoms. The van der Waals surface area contributed by atoms with Crippen molar-refractivity contribution in [2.45, 2.75) is 38.5 Å². The lowest BCUT2D eigenvalue weighted by atomic mass is 9.97. The molecule has 1 aliphatic carbocycles. The molecular formula is C19H24N2O3. The van der Waals surface area contributed by atoms with Crippen molar-refractivity contribution in [2.75, 3.05) is 24.6 Å². The van der Waals surface area contributed by atoms with Crippen LogP contribution in [0.25, 0.3) is 0 Å². The Hall–Kier alpha value is -2.30. The number of anilines is 1. The summed E-state index contributed by atoms with van der Waals surface area (Å²) in [5.74, 6) is 0.449. The van der Waals surface area contributed by atoms with Gasteiger partial charge in [0.1, 0.15) is 12.3 Å². The van der Waals surface area contributed by atoms with Crippen LogP contribution in [-0.2, 0) is 9.59 Å². The fourth-order valence-corrected chi connectivity index (χ4v) is 3.19. The van der Waals surface area contributed by atoms with Gasteiger partial charge in [-0.05, 0) is 44.2 Å². The van der Waals surface area contributed by atoms with E-state index in [-0.39, 0.29) is 24.8 Å². The third-order valence-electron chi connectivity index (χ3n) is 4.49. The van der Waals surface area contributed by atoms with E-state index in [2.05, 4.69) is 11.4 Å². The summed E-state index contributed by atoms with van der Waals surface area (Å²) in [6, 6.07) is 7.36. The van der Waals surface area contributed by atoms with Gasteiger partial charge in [-0.15, -0.1) is 0 Å². The van der Waals surface area contributed by atoms with E-state index in [4.69, 9.17) is 4.74 Å². The highest BCUT2D eigenvalue weighted by Crippen LogP contribution is 2.30. The van der Waals surface area contributed by atoms with Gasteiger partial charge in [-0.25, -0.2) is 0 Å². The zero-order chi connectivity index (χ0) is 16.8. The summed E-state index contributed by atoms with van der Waals surface area (Å²) in [7, 11) is 0. The first-order valence-corrected chi connectivity index (χ1v) is 8.71. The van der Waals surface area contributed by atoms with Gasteiger partial charge < -0.3 is 10.1 Å². The number of fused-ring (bicyclic) bond motifs is 1. The number of hydrogen-bond donors (Lipinski definition) is 1. The Morgan fingerprint density at radius 3 is 2.92 bits per heavy atom. The maximum atomic E-state index is 12.3. The Labute approximate surface area is 142 Å². The Bertz CT molecular complexity index is 639. The molecule has 1 heterocycles. The second-order valence-electron chi connectivity index (χ2n) is 6.25. The Morgan fingerprint density at radius 1 is 1.21 bits per heavy atom. The van der Waals surface area contributed by atoms with Gasteiger partial charge in [0.15, 0.2) is 0 Å². The number of carbonyl (C=O) groups is 2. The molecule has 0 saturated heterocycles. The quantitative estimate of drug-likeness (QED) is 0.846. The number of para-hydroxylation sites is 2. The maximum Gasteiger partial charge on any atom is 0.240 e. The number of ether oxygens (including phenoxy) is 1. The van der Waals surface area contributed by atoms with Gasteiger partial charge in [0.05, 0.1) is 18.7 Å². The largest absolute Gasteiger partial charge is 0.491 e. The lowest BCUT2D eigenvalue weighted by molar-refractivity contribution is -0.123. The van der Waals surface area contributed by atoms with Crippen LogP contribution < -0.4 is 15.0 Å². The zero-order valence-corrected chi connectivity index (χ0v) is 13.9. The third kappa shape index (κ3) is 4.16. The Balaban J connectivity index is 1.56. The van der Waals surface area contributed by atoms with E-state index >= 15 is 0 Å². The number of nitrogens with one attached hydrogen (secondary N) is 1. The van der Waals surface area contributed by atoms with E-state index in [1.165, 1.54) is 23.3 Å². The normalized spacial score (nSPS) is 17.4. The van der Waals surface area contributed by atoms with Gasteiger partial charge in [-0.1, -0.05) is 23.8 Å². The van der Waals surface area contributed by atoms with Crippen molar-refractivity contribution in [3.63, 3.8) is 0 Å². The molecule has 0 unspecified atom stereocenters. The van der Waals surface area contributed by atoms with Crippen molar-refractivity contribution in [3.05, 3.63) is 35.9 Å². The molecule has 24 heavy (non-hydrogen) atoms. The summed E-state index contributed by atoms with van der Waals surface area (Å²) in [4.78, 5) is 26.1. The first-order valence-electron chi connectivity index (χ1n) is 8.71. The summed E-state index contributed by atoms with van der Waals surface area (Å²) in [6.45, 7) is 1.02. The monoisotopic (exact) mass is 328 g/mol. The molecule has 3 rings (SSSR count). The first-order chi connectivity index (χ1) is 11.7. The highest BCUT2D eigenvalue weighted by Gasteiger charge is 2.24. The molecule has 0 bridgehead atoms. The minimum Gasteiger partial charge on any atom is -0.491 e. The summed E-state index contributed by atoms with van der Waals surface area (Å²) in [5.41, 5.74) is 2.11. The summed E-state index contributed by atoms with van der Waals surface area (Å²) < 4.78 is 5.59. The second-order valence-corrected chi connectivity index (χ2v) is 6.25. The van der Waals surface area contributed by atoms with Crippen LogP contribution in [0.5, 0.6) is 5.75 Å². The highest BCUT2D eigenvalue weighted by atomic mass is 16.5. The molecule has 0 fully saturated rings. The predicted molar refractivity (Wildman–Crippen MR) is 93.1 cm³/mol. The topological polar surface area (TPSA) is 58.6 Å². The summed E-state index contributed by atoms with van der Waals surface area (Å²) in [5, 5.41) is 2.93. The van der Waals surface area contributed by atoms with Gasteiger partial charge in [-0.2, -0.15) is 0 Å². The number of hydrogen-bond acceptors (Lipinski definition) is 3. The fraction of sp³-hybridized carbons (Fsp3) is 0.474. The van der Waals surface area contributed by atoms with Crippen LogP contribution in [0.4, 0.5) is 5.69 Å². The average Bonchev–Trinajstić information content (AvgIpc) is 2.75. The number of nitrogens with zero attached hydrogens (tertiary/aromatic N) is 1. The summed E-state index contributed by atoms with van der Waals surface area (Å²) >= 11 is 0. The molecule has 1 N–H and O–H groups in total. The van der Waals surface area contributed by atoms with Crippen LogP contribution in [-0.4, -0.2) is 31.5 Å². The van der Waals surface area contributed by atoms with E-state index in [0.717, 1.165) is 19.3 Å². The van der Waals surface area contributed by atoms with Crippen LogP contribution >= 0.6 is 0 Å². The molecule has 1 aromatic rings. The van der Waals surface area contributed by atoms with Gasteiger partial charge in [0.2, 0.25) is 11.8 Å². The molecule has 5 heteroatoms. The molecule has 0 saturated carbocycles. The van der Waals surface area contributed by atoms with Crippen molar-refractivity contribution in [2.24, 2.45) is 0 Å². The molecule has 128 valence electrons. The van der Waals surface area contributed by atoms with E-state index in [1.807, 2.05) is 24.3 Å². The summed E-state index contributed by atoms with van der Waals surface area (Å²) in [6.07, 6.45) is 8.30. The third-order valence-corrected chi connectivity index (χ3v) is 4.49. The molecule has 1 aliphatic heterocycles. The van der Waals surface area contributed by atoms with Gasteiger partial charge in [0, 0.05) is 6.54 Å². The van der Waals surface area contributed by atoms with Crippen molar-refractivity contribution < 1.29 is 14.3 Å². The van der Waals surface area contributed by atoms with Crippen molar-refractivity contribution >= 4 is 17.5 Å². The van der Waals surface area contributed by atoms with Crippen LogP contribution in [0.1, 0.15) is 38.5 Å². The molecule has 0 aromatic heterocycles. The molecule has 0 radical (unpaired) electrons. The number of carbonyl (C=O) groups excluding carboxylic acids is 2. The number of amides is 2. The van der Waals surface area contributed by atoms with Crippen molar-refractivity contribution in [1.29, 1.82) is 0 Å². The van der Waals surface area contributed by atoms with Crippen molar-refractivity contribution in [1.82, 2.24) is 5.32 Å². The molecule has 2 aliphatic rings. The molecule has 0 atom stereocenters. The average molecular weight is 328 g/mol. The minimum atomic E-state index is -0.128. The minimum absolute atomic E-state index is 0.0399. The lowest BCUT2D eigenvalue weighted by Gasteiger charge is -2.21. The van der Waals surface area contributed by atoms with E-state index < -0.39 is 0 Å². The fourth-order valence-electron chi connectivity index (χ4n) is 3.19. The second kappa shape index (κ2) is 7.99. The highest BCUT2D eigenvalue weighted by molar-refractivity contribution is 6.00. The van der Waals surface area contributed by atoms with E-state index in [9.17, 15) is 9.59 Å². The number of benzene rings is 1. The van der Waals surface area contributed by atoms with Crippen LogP contribution in [0.15, 0.2) is 35.9 Å². The smallest absolute Gasteiger partial charge is 0.240 e.